The van der Waals surface area contributed by atoms with Gasteiger partial charge in [-0.3, -0.25) is 14.5 Å². The molecule has 1 atom stereocenters. The van der Waals surface area contributed by atoms with Crippen LogP contribution in [0.3, 0.4) is 0 Å². The van der Waals surface area contributed by atoms with Gasteiger partial charge < -0.3 is 20.1 Å². The number of benzene rings is 1. The highest BCUT2D eigenvalue weighted by Crippen LogP contribution is 2.41. The summed E-state index contributed by atoms with van der Waals surface area (Å²) in [5.74, 6) is 0.934. The van der Waals surface area contributed by atoms with Gasteiger partial charge in [-0.2, -0.15) is 0 Å². The largest absolute Gasteiger partial charge is 0.486 e. The lowest BCUT2D eigenvalue weighted by molar-refractivity contribution is -0.123. The Balaban J connectivity index is 1.84. The Labute approximate surface area is 134 Å². The highest BCUT2D eigenvalue weighted by molar-refractivity contribution is 6.06. The molecule has 1 aromatic rings. The molecule has 0 spiro atoms. The van der Waals surface area contributed by atoms with E-state index in [4.69, 9.17) is 9.47 Å². The summed E-state index contributed by atoms with van der Waals surface area (Å²) < 4.78 is 11.1. The van der Waals surface area contributed by atoms with Gasteiger partial charge in [0.05, 0.1) is 17.9 Å². The van der Waals surface area contributed by atoms with Crippen molar-refractivity contribution in [3.63, 3.8) is 0 Å². The van der Waals surface area contributed by atoms with Gasteiger partial charge in [-0.1, -0.05) is 6.92 Å². The summed E-state index contributed by atoms with van der Waals surface area (Å²) in [5, 5.41) is 5.94. The number of anilines is 2. The molecule has 2 N–H and O–H groups in total. The van der Waals surface area contributed by atoms with E-state index < -0.39 is 0 Å². The van der Waals surface area contributed by atoms with Gasteiger partial charge in [-0.15, -0.1) is 0 Å². The summed E-state index contributed by atoms with van der Waals surface area (Å²) in [6.07, 6.45) is 0.844. The Morgan fingerprint density at radius 3 is 2.74 bits per heavy atom. The second kappa shape index (κ2) is 6.36. The molecule has 0 saturated carbocycles. The molecule has 0 saturated heterocycles. The first-order chi connectivity index (χ1) is 11.1. The highest BCUT2D eigenvalue weighted by atomic mass is 16.6. The Bertz CT molecular complexity index is 632. The predicted octanol–water partition coefficient (Wildman–Crippen LogP) is 1.13. The third kappa shape index (κ3) is 3.18. The first-order valence-corrected chi connectivity index (χ1v) is 7.85. The van der Waals surface area contributed by atoms with Gasteiger partial charge in [0.15, 0.2) is 11.5 Å². The average Bonchev–Trinajstić information content (AvgIpc) is 2.55. The fraction of sp³-hybridized carbons (Fsp3) is 0.500. The lowest BCUT2D eigenvalue weighted by Gasteiger charge is -2.31. The van der Waals surface area contributed by atoms with Crippen molar-refractivity contribution >= 4 is 23.2 Å². The molecule has 3 rings (SSSR count). The maximum Gasteiger partial charge on any atom is 0.246 e. The zero-order valence-electron chi connectivity index (χ0n) is 13.3. The summed E-state index contributed by atoms with van der Waals surface area (Å²) in [6.45, 7) is 5.07. The molecular weight excluding hydrogens is 298 g/mol. The van der Waals surface area contributed by atoms with Crippen LogP contribution in [-0.2, 0) is 9.59 Å². The van der Waals surface area contributed by atoms with Crippen LogP contribution in [0.15, 0.2) is 12.1 Å². The number of nitrogens with one attached hydrogen (secondary N) is 2. The van der Waals surface area contributed by atoms with Gasteiger partial charge >= 0.3 is 0 Å². The summed E-state index contributed by atoms with van der Waals surface area (Å²) in [5.41, 5.74) is 1.41. The van der Waals surface area contributed by atoms with Gasteiger partial charge in [0.2, 0.25) is 11.8 Å². The van der Waals surface area contributed by atoms with Gasteiger partial charge in [-0.25, -0.2) is 0 Å². The first-order valence-electron chi connectivity index (χ1n) is 7.85. The SMILES string of the molecule is CCC(C)NC(=O)CN1C(=O)CNc2cc3c(cc21)OCCO3. The fourth-order valence-electron chi connectivity index (χ4n) is 2.58. The van der Waals surface area contributed by atoms with E-state index in [1.54, 1.807) is 6.07 Å². The van der Waals surface area contributed by atoms with Gasteiger partial charge in [0, 0.05) is 18.2 Å². The maximum atomic E-state index is 12.2. The highest BCUT2D eigenvalue weighted by Gasteiger charge is 2.28. The molecule has 0 aromatic heterocycles. The minimum absolute atomic E-state index is 0.00248. The Hall–Kier alpha value is -2.44. The van der Waals surface area contributed by atoms with Crippen LogP contribution in [0.25, 0.3) is 0 Å². The van der Waals surface area contributed by atoms with Gasteiger partial charge in [0.1, 0.15) is 19.8 Å². The van der Waals surface area contributed by atoms with Crippen molar-refractivity contribution in [2.75, 3.05) is 36.5 Å². The lowest BCUT2D eigenvalue weighted by atomic mass is 10.1. The average molecular weight is 319 g/mol. The normalized spacial score (nSPS) is 17.1. The third-order valence-electron chi connectivity index (χ3n) is 4.00. The molecule has 0 bridgehead atoms. The van der Waals surface area contributed by atoms with Gasteiger partial charge in [-0.05, 0) is 13.3 Å². The number of nitrogens with zero attached hydrogens (tertiary/aromatic N) is 1. The van der Waals surface area contributed by atoms with Crippen molar-refractivity contribution < 1.29 is 19.1 Å². The summed E-state index contributed by atoms with van der Waals surface area (Å²) in [7, 11) is 0. The van der Waals surface area contributed by atoms with E-state index in [-0.39, 0.29) is 30.9 Å². The van der Waals surface area contributed by atoms with E-state index in [2.05, 4.69) is 10.6 Å². The van der Waals surface area contributed by atoms with Crippen LogP contribution < -0.4 is 25.0 Å². The quantitative estimate of drug-likeness (QED) is 0.870. The van der Waals surface area contributed by atoms with Crippen molar-refractivity contribution in [2.24, 2.45) is 0 Å². The third-order valence-corrected chi connectivity index (χ3v) is 4.00. The first kappa shape index (κ1) is 15.5. The van der Waals surface area contributed by atoms with Crippen LogP contribution in [0.5, 0.6) is 11.5 Å². The van der Waals surface area contributed by atoms with E-state index in [9.17, 15) is 9.59 Å². The van der Waals surface area contributed by atoms with Crippen LogP contribution in [0.2, 0.25) is 0 Å². The maximum absolute atomic E-state index is 12.2. The molecule has 1 unspecified atom stereocenters. The van der Waals surface area contributed by atoms with E-state index in [0.29, 0.717) is 30.4 Å². The Kier molecular flexibility index (Phi) is 4.27. The van der Waals surface area contributed by atoms with E-state index in [1.807, 2.05) is 19.9 Å². The zero-order chi connectivity index (χ0) is 16.4. The van der Waals surface area contributed by atoms with Crippen LogP contribution in [0.1, 0.15) is 20.3 Å². The second-order valence-electron chi connectivity index (χ2n) is 5.72. The summed E-state index contributed by atoms with van der Waals surface area (Å²) >= 11 is 0. The molecule has 2 aliphatic rings. The number of ether oxygens (including phenoxy) is 2. The topological polar surface area (TPSA) is 79.9 Å². The smallest absolute Gasteiger partial charge is 0.246 e. The minimum atomic E-state index is -0.171. The van der Waals surface area contributed by atoms with E-state index in [0.717, 1.165) is 12.1 Å². The number of amides is 2. The molecule has 0 radical (unpaired) electrons. The van der Waals surface area contributed by atoms with Crippen molar-refractivity contribution in [1.82, 2.24) is 5.32 Å². The van der Waals surface area contributed by atoms with E-state index >= 15 is 0 Å². The number of carbonyl (C=O) groups is 2. The van der Waals surface area contributed by atoms with Crippen molar-refractivity contribution in [1.29, 1.82) is 0 Å². The second-order valence-corrected chi connectivity index (χ2v) is 5.72. The molecule has 0 aliphatic carbocycles. The van der Waals surface area contributed by atoms with Crippen LogP contribution >= 0.6 is 0 Å². The lowest BCUT2D eigenvalue weighted by Crippen LogP contribution is -2.47. The number of hydrogen-bond donors (Lipinski definition) is 2. The number of rotatable bonds is 4. The summed E-state index contributed by atoms with van der Waals surface area (Å²) in [4.78, 5) is 25.9. The van der Waals surface area contributed by atoms with Crippen molar-refractivity contribution in [3.05, 3.63) is 12.1 Å². The Morgan fingerprint density at radius 2 is 2.04 bits per heavy atom. The zero-order valence-corrected chi connectivity index (χ0v) is 13.3. The minimum Gasteiger partial charge on any atom is -0.486 e. The molecule has 7 heteroatoms. The molecule has 7 nitrogen and oxygen atoms in total. The number of hydrogen-bond acceptors (Lipinski definition) is 5. The Morgan fingerprint density at radius 1 is 1.35 bits per heavy atom. The molecule has 0 fully saturated rings. The molecule has 23 heavy (non-hydrogen) atoms. The molecule has 1 aromatic carbocycles. The molecule has 2 aliphatic heterocycles. The number of carbonyl (C=O) groups excluding carboxylic acids is 2. The monoisotopic (exact) mass is 319 g/mol. The summed E-state index contributed by atoms with van der Waals surface area (Å²) in [6, 6.07) is 3.65. The van der Waals surface area contributed by atoms with Crippen LogP contribution in [0, 0.1) is 0 Å². The van der Waals surface area contributed by atoms with E-state index in [1.165, 1.54) is 4.90 Å². The van der Waals surface area contributed by atoms with Crippen molar-refractivity contribution in [3.8, 4) is 11.5 Å². The van der Waals surface area contributed by atoms with Crippen LogP contribution in [-0.4, -0.2) is 44.2 Å². The van der Waals surface area contributed by atoms with Gasteiger partial charge in [0.25, 0.3) is 0 Å². The molecule has 2 heterocycles. The number of fused-ring (bicyclic) bond motifs is 2. The standard InChI is InChI=1S/C16H21N3O4/c1-3-10(2)18-15(20)9-19-12-7-14-13(22-4-5-23-14)6-11(12)17-8-16(19)21/h6-7,10,17H,3-5,8-9H2,1-2H3,(H,18,20). The molecule has 2 amide bonds. The molecular formula is C16H21N3O4. The fourth-order valence-corrected chi connectivity index (χ4v) is 2.58. The van der Waals surface area contributed by atoms with Crippen molar-refractivity contribution in [2.45, 2.75) is 26.3 Å². The molecule has 124 valence electrons. The van der Waals surface area contributed by atoms with Crippen LogP contribution in [0.4, 0.5) is 11.4 Å². The predicted molar refractivity (Wildman–Crippen MR) is 86.2 cm³/mol.